The van der Waals surface area contributed by atoms with Crippen LogP contribution in [0, 0.1) is 0 Å². The third kappa shape index (κ3) is 2.74. The van der Waals surface area contributed by atoms with Crippen LogP contribution in [-0.2, 0) is 4.74 Å². The van der Waals surface area contributed by atoms with E-state index in [2.05, 4.69) is 20.9 Å². The number of ether oxygens (including phenoxy) is 1. The second-order valence-electron chi connectivity index (χ2n) is 3.26. The minimum Gasteiger partial charge on any atom is -0.459 e. The Morgan fingerprint density at radius 1 is 1.41 bits per heavy atom. The van der Waals surface area contributed by atoms with E-state index in [1.807, 2.05) is 24.3 Å². The van der Waals surface area contributed by atoms with E-state index in [1.54, 1.807) is 6.92 Å². The summed E-state index contributed by atoms with van der Waals surface area (Å²) in [6.45, 7) is 2.03. The Kier molecular flexibility index (Phi) is 3.58. The molecular weight excluding hydrogens is 286 g/mol. The highest BCUT2D eigenvalue weighted by Gasteiger charge is 2.14. The fourth-order valence-corrected chi connectivity index (χ4v) is 1.57. The first-order valence-electron chi connectivity index (χ1n) is 5.09. The van der Waals surface area contributed by atoms with Crippen molar-refractivity contribution in [2.24, 2.45) is 0 Å². The topological polar surface area (TPSA) is 52.3 Å². The molecule has 2 rings (SSSR count). The zero-order valence-electron chi connectivity index (χ0n) is 9.14. The lowest BCUT2D eigenvalue weighted by Gasteiger charge is -1.97. The van der Waals surface area contributed by atoms with Crippen LogP contribution in [0.3, 0.4) is 0 Å². The number of hydrogen-bond acceptors (Lipinski definition) is 4. The number of hydrogen-bond donors (Lipinski definition) is 0. The first-order chi connectivity index (χ1) is 8.20. The molecule has 1 aromatic heterocycles. The summed E-state index contributed by atoms with van der Waals surface area (Å²) in [5.41, 5.74) is 0.858. The van der Waals surface area contributed by atoms with Gasteiger partial charge in [-0.15, -0.1) is 0 Å². The molecule has 0 saturated carbocycles. The van der Waals surface area contributed by atoms with Gasteiger partial charge in [0, 0.05) is 10.0 Å². The smallest absolute Gasteiger partial charge is 0.394 e. The maximum atomic E-state index is 11.4. The fraction of sp³-hybridized carbons (Fsp3) is 0.167. The molecule has 0 radical (unpaired) electrons. The van der Waals surface area contributed by atoms with Crippen molar-refractivity contribution in [3.05, 3.63) is 40.8 Å². The van der Waals surface area contributed by atoms with Gasteiger partial charge in [0.05, 0.1) is 12.8 Å². The third-order valence-corrected chi connectivity index (χ3v) is 2.61. The molecule has 0 aliphatic heterocycles. The lowest BCUT2D eigenvalue weighted by molar-refractivity contribution is 0.0482. The maximum Gasteiger partial charge on any atom is 0.394 e. The second-order valence-corrected chi connectivity index (χ2v) is 4.17. The third-order valence-electron chi connectivity index (χ3n) is 2.08. The van der Waals surface area contributed by atoms with E-state index < -0.39 is 5.97 Å². The van der Waals surface area contributed by atoms with Gasteiger partial charge in [-0.25, -0.2) is 9.78 Å². The zero-order chi connectivity index (χ0) is 12.3. The van der Waals surface area contributed by atoms with Gasteiger partial charge in [0.15, 0.2) is 5.76 Å². The van der Waals surface area contributed by atoms with E-state index in [4.69, 9.17) is 9.15 Å². The molecule has 0 amide bonds. The second kappa shape index (κ2) is 5.14. The molecule has 17 heavy (non-hydrogen) atoms. The molecule has 1 heterocycles. The minimum absolute atomic E-state index is 0.0234. The largest absolute Gasteiger partial charge is 0.459 e. The summed E-state index contributed by atoms with van der Waals surface area (Å²) in [7, 11) is 0. The van der Waals surface area contributed by atoms with Gasteiger partial charge in [-0.2, -0.15) is 0 Å². The number of carbonyl (C=O) groups excluding carboxylic acids is 1. The van der Waals surface area contributed by atoms with Crippen LogP contribution in [0.25, 0.3) is 11.3 Å². The Morgan fingerprint density at radius 3 is 2.76 bits per heavy atom. The van der Waals surface area contributed by atoms with Crippen molar-refractivity contribution in [1.82, 2.24) is 4.98 Å². The molecule has 0 atom stereocenters. The number of rotatable bonds is 3. The molecule has 88 valence electrons. The van der Waals surface area contributed by atoms with Crippen molar-refractivity contribution in [2.75, 3.05) is 6.61 Å². The van der Waals surface area contributed by atoms with Crippen molar-refractivity contribution in [3.63, 3.8) is 0 Å². The van der Waals surface area contributed by atoms with Gasteiger partial charge >= 0.3 is 11.9 Å². The summed E-state index contributed by atoms with van der Waals surface area (Å²) in [4.78, 5) is 15.2. The standard InChI is InChI=1S/C12H10BrNO3/c1-2-16-12(15)11-14-7-10(17-11)8-3-5-9(13)6-4-8/h3-7H,2H2,1H3. The molecule has 0 fully saturated rings. The molecule has 1 aromatic carbocycles. The summed E-state index contributed by atoms with van der Waals surface area (Å²) >= 11 is 3.35. The lowest BCUT2D eigenvalue weighted by atomic mass is 10.2. The molecule has 0 aliphatic carbocycles. The van der Waals surface area contributed by atoms with Crippen LogP contribution in [0.15, 0.2) is 39.4 Å². The van der Waals surface area contributed by atoms with Crippen molar-refractivity contribution in [2.45, 2.75) is 6.92 Å². The van der Waals surface area contributed by atoms with Gasteiger partial charge in [0.1, 0.15) is 0 Å². The van der Waals surface area contributed by atoms with Gasteiger partial charge < -0.3 is 9.15 Å². The monoisotopic (exact) mass is 295 g/mol. The Bertz CT molecular complexity index is 519. The summed E-state index contributed by atoms with van der Waals surface area (Å²) in [5.74, 6) is -0.0267. The number of nitrogens with zero attached hydrogens (tertiary/aromatic N) is 1. The highest BCUT2D eigenvalue weighted by Crippen LogP contribution is 2.22. The SMILES string of the molecule is CCOC(=O)c1ncc(-c2ccc(Br)cc2)o1. The Morgan fingerprint density at radius 2 is 2.12 bits per heavy atom. The number of aromatic nitrogens is 1. The van der Waals surface area contributed by atoms with Crippen LogP contribution < -0.4 is 0 Å². The van der Waals surface area contributed by atoms with E-state index in [-0.39, 0.29) is 5.89 Å². The highest BCUT2D eigenvalue weighted by molar-refractivity contribution is 9.10. The Balaban J connectivity index is 2.23. The van der Waals surface area contributed by atoms with Crippen LogP contribution in [-0.4, -0.2) is 17.6 Å². The minimum atomic E-state index is -0.545. The van der Waals surface area contributed by atoms with E-state index in [9.17, 15) is 4.79 Å². The molecule has 0 unspecified atom stereocenters. The predicted octanol–water partition coefficient (Wildman–Crippen LogP) is 3.28. The van der Waals surface area contributed by atoms with E-state index >= 15 is 0 Å². The predicted molar refractivity (Wildman–Crippen MR) is 65.6 cm³/mol. The molecule has 5 heteroatoms. The summed E-state index contributed by atoms with van der Waals surface area (Å²) in [6, 6.07) is 7.53. The highest BCUT2D eigenvalue weighted by atomic mass is 79.9. The first kappa shape index (κ1) is 11.9. The molecule has 0 saturated heterocycles. The quantitative estimate of drug-likeness (QED) is 0.816. The lowest BCUT2D eigenvalue weighted by Crippen LogP contribution is -2.04. The van der Waals surface area contributed by atoms with Crippen LogP contribution in [0.5, 0.6) is 0 Å². The number of halogens is 1. The number of carbonyl (C=O) groups is 1. The normalized spacial score (nSPS) is 10.2. The van der Waals surface area contributed by atoms with Crippen molar-refractivity contribution in [3.8, 4) is 11.3 Å². The van der Waals surface area contributed by atoms with E-state index in [1.165, 1.54) is 6.20 Å². The maximum absolute atomic E-state index is 11.4. The van der Waals surface area contributed by atoms with Crippen molar-refractivity contribution in [1.29, 1.82) is 0 Å². The average molecular weight is 296 g/mol. The molecule has 4 nitrogen and oxygen atoms in total. The van der Waals surface area contributed by atoms with Crippen molar-refractivity contribution < 1.29 is 13.9 Å². The fourth-order valence-electron chi connectivity index (χ4n) is 1.31. The number of benzene rings is 1. The van der Waals surface area contributed by atoms with Crippen molar-refractivity contribution >= 4 is 21.9 Å². The molecular formula is C12H10BrNO3. The molecule has 2 aromatic rings. The van der Waals surface area contributed by atoms with Gasteiger partial charge in [-0.05, 0) is 19.1 Å². The Labute approximate surface area is 107 Å². The Hall–Kier alpha value is -1.62. The molecule has 0 spiro atoms. The summed E-state index contributed by atoms with van der Waals surface area (Å²) < 4.78 is 11.1. The van der Waals surface area contributed by atoms with E-state index in [0.29, 0.717) is 12.4 Å². The zero-order valence-corrected chi connectivity index (χ0v) is 10.7. The first-order valence-corrected chi connectivity index (χ1v) is 5.89. The molecule has 0 N–H and O–H groups in total. The number of oxazole rings is 1. The number of esters is 1. The summed E-state index contributed by atoms with van der Waals surface area (Å²) in [5, 5.41) is 0. The van der Waals surface area contributed by atoms with Crippen LogP contribution in [0.2, 0.25) is 0 Å². The van der Waals surface area contributed by atoms with Crippen LogP contribution >= 0.6 is 15.9 Å². The van der Waals surface area contributed by atoms with Crippen LogP contribution in [0.1, 0.15) is 17.6 Å². The molecule has 0 aliphatic rings. The van der Waals surface area contributed by atoms with Gasteiger partial charge in [-0.3, -0.25) is 0 Å². The van der Waals surface area contributed by atoms with E-state index in [0.717, 1.165) is 10.0 Å². The van der Waals surface area contributed by atoms with Gasteiger partial charge in [-0.1, -0.05) is 28.1 Å². The van der Waals surface area contributed by atoms with Gasteiger partial charge in [0.2, 0.25) is 0 Å². The molecule has 0 bridgehead atoms. The average Bonchev–Trinajstić information content (AvgIpc) is 2.80. The summed E-state index contributed by atoms with van der Waals surface area (Å²) in [6.07, 6.45) is 1.51. The van der Waals surface area contributed by atoms with Gasteiger partial charge in [0.25, 0.3) is 0 Å². The van der Waals surface area contributed by atoms with Crippen LogP contribution in [0.4, 0.5) is 0 Å².